The molecule has 1 unspecified atom stereocenters. The molecule has 1 aromatic rings. The fraction of sp³-hybridized carbons (Fsp3) is 0.385. The third-order valence-corrected chi connectivity index (χ3v) is 3.43. The number of carbonyl (C=O) groups is 1. The van der Waals surface area contributed by atoms with E-state index < -0.39 is 6.23 Å². The molecule has 0 spiro atoms. The van der Waals surface area contributed by atoms with Crippen LogP contribution in [0, 0.1) is 0 Å². The van der Waals surface area contributed by atoms with Crippen LogP contribution in [0.5, 0.6) is 0 Å². The SMILES string of the molecule is CC(C)=Cc1cc(N2C(=O)C(C)=C(Cl)C2O)nn1C. The number of carbonyl (C=O) groups excluding carboxylic acids is 1. The van der Waals surface area contributed by atoms with Gasteiger partial charge in [0.1, 0.15) is 0 Å². The summed E-state index contributed by atoms with van der Waals surface area (Å²) in [7, 11) is 1.78. The zero-order valence-electron chi connectivity index (χ0n) is 11.3. The van der Waals surface area contributed by atoms with Gasteiger partial charge in [0.05, 0.1) is 10.7 Å². The van der Waals surface area contributed by atoms with Gasteiger partial charge in [0.25, 0.3) is 5.91 Å². The Morgan fingerprint density at radius 1 is 1.53 bits per heavy atom. The molecule has 5 nitrogen and oxygen atoms in total. The topological polar surface area (TPSA) is 58.4 Å². The molecular weight excluding hydrogens is 266 g/mol. The Morgan fingerprint density at radius 2 is 2.16 bits per heavy atom. The molecule has 1 aliphatic heterocycles. The monoisotopic (exact) mass is 281 g/mol. The summed E-state index contributed by atoms with van der Waals surface area (Å²) < 4.78 is 1.66. The van der Waals surface area contributed by atoms with E-state index in [0.29, 0.717) is 11.4 Å². The van der Waals surface area contributed by atoms with Gasteiger partial charge in [-0.3, -0.25) is 14.4 Å². The van der Waals surface area contributed by atoms with Crippen LogP contribution in [0.15, 0.2) is 22.2 Å². The molecule has 6 heteroatoms. The van der Waals surface area contributed by atoms with Gasteiger partial charge in [-0.25, -0.2) is 0 Å². The Bertz CT molecular complexity index is 597. The highest BCUT2D eigenvalue weighted by molar-refractivity contribution is 6.35. The number of anilines is 1. The second-order valence-corrected chi connectivity index (χ2v) is 5.20. The average molecular weight is 282 g/mol. The van der Waals surface area contributed by atoms with Crippen molar-refractivity contribution in [2.75, 3.05) is 4.90 Å². The second kappa shape index (κ2) is 4.83. The van der Waals surface area contributed by atoms with Crippen LogP contribution in [0.25, 0.3) is 6.08 Å². The van der Waals surface area contributed by atoms with E-state index in [4.69, 9.17) is 11.6 Å². The lowest BCUT2D eigenvalue weighted by molar-refractivity contribution is -0.115. The van der Waals surface area contributed by atoms with Crippen molar-refractivity contribution in [1.29, 1.82) is 0 Å². The predicted molar refractivity (Wildman–Crippen MR) is 74.6 cm³/mol. The van der Waals surface area contributed by atoms with E-state index in [0.717, 1.165) is 11.3 Å². The lowest BCUT2D eigenvalue weighted by Crippen LogP contribution is -2.35. The highest BCUT2D eigenvalue weighted by atomic mass is 35.5. The van der Waals surface area contributed by atoms with E-state index in [1.165, 1.54) is 4.90 Å². The van der Waals surface area contributed by atoms with Crippen molar-refractivity contribution < 1.29 is 9.90 Å². The standard InChI is InChI=1S/C13H16ClN3O2/c1-7(2)5-9-6-10(15-16(9)4)17-12(18)8(3)11(14)13(17)19/h5-6,13,19H,1-4H3. The maximum atomic E-state index is 12.0. The van der Waals surface area contributed by atoms with E-state index in [1.807, 2.05) is 19.9 Å². The Morgan fingerprint density at radius 3 is 2.63 bits per heavy atom. The number of hydrogen-bond acceptors (Lipinski definition) is 3. The smallest absolute Gasteiger partial charge is 0.258 e. The van der Waals surface area contributed by atoms with E-state index in [2.05, 4.69) is 5.10 Å². The molecule has 1 N–H and O–H groups in total. The molecule has 1 amide bonds. The largest absolute Gasteiger partial charge is 0.368 e. The maximum absolute atomic E-state index is 12.0. The fourth-order valence-corrected chi connectivity index (χ4v) is 2.12. The van der Waals surface area contributed by atoms with Gasteiger partial charge in [-0.15, -0.1) is 0 Å². The normalized spacial score (nSPS) is 19.4. The number of allylic oxidation sites excluding steroid dienone is 1. The van der Waals surface area contributed by atoms with E-state index in [-0.39, 0.29) is 10.9 Å². The van der Waals surface area contributed by atoms with Gasteiger partial charge in [0, 0.05) is 18.7 Å². The molecule has 2 rings (SSSR count). The lowest BCUT2D eigenvalue weighted by atomic mass is 10.2. The van der Waals surface area contributed by atoms with Crippen molar-refractivity contribution in [2.24, 2.45) is 7.05 Å². The number of amides is 1. The number of aromatic nitrogens is 2. The molecule has 0 aromatic carbocycles. The van der Waals surface area contributed by atoms with Gasteiger partial charge in [0.15, 0.2) is 12.0 Å². The molecule has 0 fully saturated rings. The average Bonchev–Trinajstić information content (AvgIpc) is 2.75. The minimum Gasteiger partial charge on any atom is -0.368 e. The van der Waals surface area contributed by atoms with E-state index in [9.17, 15) is 9.90 Å². The van der Waals surface area contributed by atoms with Crippen molar-refractivity contribution in [1.82, 2.24) is 9.78 Å². The van der Waals surface area contributed by atoms with Crippen molar-refractivity contribution in [3.05, 3.63) is 27.9 Å². The quantitative estimate of drug-likeness (QED) is 0.902. The summed E-state index contributed by atoms with van der Waals surface area (Å²) in [6.07, 6.45) is 0.800. The Balaban J connectivity index is 2.40. The van der Waals surface area contributed by atoms with Crippen molar-refractivity contribution in [3.63, 3.8) is 0 Å². The highest BCUT2D eigenvalue weighted by Crippen LogP contribution is 2.31. The summed E-state index contributed by atoms with van der Waals surface area (Å²) in [5.41, 5.74) is 2.33. The molecule has 0 bridgehead atoms. The number of halogens is 1. The minimum atomic E-state index is -1.15. The Kier molecular flexibility index (Phi) is 3.52. The van der Waals surface area contributed by atoms with Crippen molar-refractivity contribution in [2.45, 2.75) is 27.0 Å². The number of rotatable bonds is 2. The van der Waals surface area contributed by atoms with Gasteiger partial charge >= 0.3 is 0 Å². The van der Waals surface area contributed by atoms with Crippen molar-refractivity contribution >= 4 is 29.4 Å². The van der Waals surface area contributed by atoms with Gasteiger partial charge in [-0.2, -0.15) is 5.10 Å². The first-order valence-electron chi connectivity index (χ1n) is 5.89. The summed E-state index contributed by atoms with van der Waals surface area (Å²) in [5.74, 6) is 0.0712. The number of aryl methyl sites for hydroxylation is 1. The van der Waals surface area contributed by atoms with Crippen LogP contribution >= 0.6 is 11.6 Å². The number of aliphatic hydroxyl groups is 1. The van der Waals surface area contributed by atoms with Gasteiger partial charge in [-0.05, 0) is 26.8 Å². The van der Waals surface area contributed by atoms with Crippen LogP contribution in [0.2, 0.25) is 0 Å². The Hall–Kier alpha value is -1.59. The third-order valence-electron chi connectivity index (χ3n) is 2.96. The summed E-state index contributed by atoms with van der Waals surface area (Å²) in [5, 5.41) is 14.4. The molecular formula is C13H16ClN3O2. The van der Waals surface area contributed by atoms with Crippen LogP contribution in [0.1, 0.15) is 26.5 Å². The summed E-state index contributed by atoms with van der Waals surface area (Å²) >= 11 is 5.90. The van der Waals surface area contributed by atoms with Crippen LogP contribution in [-0.2, 0) is 11.8 Å². The third kappa shape index (κ3) is 2.31. The summed E-state index contributed by atoms with van der Waals surface area (Å²) in [6, 6.07) is 1.75. The molecule has 102 valence electrons. The molecule has 1 aromatic heterocycles. The molecule has 0 saturated heterocycles. The minimum absolute atomic E-state index is 0.152. The number of aliphatic hydroxyl groups excluding tert-OH is 1. The Labute approximate surface area is 116 Å². The number of nitrogens with zero attached hydrogens (tertiary/aromatic N) is 3. The van der Waals surface area contributed by atoms with E-state index >= 15 is 0 Å². The molecule has 19 heavy (non-hydrogen) atoms. The van der Waals surface area contributed by atoms with Gasteiger partial charge < -0.3 is 5.11 Å². The van der Waals surface area contributed by atoms with Gasteiger partial charge in [0.2, 0.25) is 0 Å². The first-order valence-corrected chi connectivity index (χ1v) is 6.27. The lowest BCUT2D eigenvalue weighted by Gasteiger charge is -2.18. The van der Waals surface area contributed by atoms with Gasteiger partial charge in [-0.1, -0.05) is 17.2 Å². The molecule has 1 atom stereocenters. The maximum Gasteiger partial charge on any atom is 0.258 e. The molecule has 0 radical (unpaired) electrons. The fourth-order valence-electron chi connectivity index (χ4n) is 1.94. The second-order valence-electron chi connectivity index (χ2n) is 4.79. The zero-order chi connectivity index (χ0) is 14.3. The van der Waals surface area contributed by atoms with Crippen LogP contribution in [-0.4, -0.2) is 27.0 Å². The first kappa shape index (κ1) is 13.8. The highest BCUT2D eigenvalue weighted by Gasteiger charge is 2.37. The first-order chi connectivity index (χ1) is 8.82. The molecule has 1 aliphatic rings. The summed E-state index contributed by atoms with van der Waals surface area (Å²) in [4.78, 5) is 13.2. The van der Waals surface area contributed by atoms with Crippen LogP contribution in [0.4, 0.5) is 5.82 Å². The predicted octanol–water partition coefficient (Wildman–Crippen LogP) is 2.02. The van der Waals surface area contributed by atoms with Crippen LogP contribution in [0.3, 0.4) is 0 Å². The summed E-state index contributed by atoms with van der Waals surface area (Å²) in [6.45, 7) is 5.55. The van der Waals surface area contributed by atoms with Crippen LogP contribution < -0.4 is 4.90 Å². The molecule has 0 aliphatic carbocycles. The van der Waals surface area contributed by atoms with E-state index in [1.54, 1.807) is 24.7 Å². The number of hydrogen-bond donors (Lipinski definition) is 1. The molecule has 0 saturated carbocycles. The zero-order valence-corrected chi connectivity index (χ0v) is 12.1. The molecule has 2 heterocycles. The van der Waals surface area contributed by atoms with Crippen molar-refractivity contribution in [3.8, 4) is 0 Å².